The molecule has 2 aliphatic heterocycles. The highest BCUT2D eigenvalue weighted by molar-refractivity contribution is 6.04. The summed E-state index contributed by atoms with van der Waals surface area (Å²) >= 11 is 0. The van der Waals surface area contributed by atoms with Crippen molar-refractivity contribution in [1.29, 1.82) is 0 Å². The molecule has 0 aliphatic carbocycles. The van der Waals surface area contributed by atoms with Crippen molar-refractivity contribution in [2.24, 2.45) is 0 Å². The van der Waals surface area contributed by atoms with Gasteiger partial charge >= 0.3 is 12.2 Å². The number of nitrogens with one attached hydrogen (secondary N) is 2. The van der Waals surface area contributed by atoms with Crippen molar-refractivity contribution in [3.05, 3.63) is 30.2 Å². The van der Waals surface area contributed by atoms with Crippen LogP contribution in [0.2, 0.25) is 0 Å². The monoisotopic (exact) mass is 497 g/mol. The lowest BCUT2D eigenvalue weighted by molar-refractivity contribution is -0.123. The molecule has 2 aromatic rings. The highest BCUT2D eigenvalue weighted by atomic mass is 19.4. The maximum Gasteiger partial charge on any atom is 0.405 e. The SMILES string of the molecule is O=C(NCC(F)(F)F)c1ccc2c(n1)N(C(=O)Nc1cnc(OCC(O)CO)cn1)C1CCN2C1. The minimum atomic E-state index is -4.57. The third-order valence-electron chi connectivity index (χ3n) is 5.35. The average molecular weight is 497 g/mol. The van der Waals surface area contributed by atoms with Crippen LogP contribution < -0.4 is 25.2 Å². The van der Waals surface area contributed by atoms with E-state index in [1.54, 1.807) is 11.4 Å². The van der Waals surface area contributed by atoms with Crippen molar-refractivity contribution in [2.45, 2.75) is 24.7 Å². The molecule has 0 saturated carbocycles. The van der Waals surface area contributed by atoms with Gasteiger partial charge in [0, 0.05) is 13.1 Å². The van der Waals surface area contributed by atoms with Gasteiger partial charge in [-0.3, -0.25) is 15.0 Å². The molecule has 2 unspecified atom stereocenters. The summed E-state index contributed by atoms with van der Waals surface area (Å²) in [6.07, 6.45) is -2.55. The van der Waals surface area contributed by atoms with Gasteiger partial charge in [-0.05, 0) is 18.6 Å². The van der Waals surface area contributed by atoms with Gasteiger partial charge in [-0.1, -0.05) is 0 Å². The molecule has 0 radical (unpaired) electrons. The second-order valence-corrected chi connectivity index (χ2v) is 7.91. The minimum absolute atomic E-state index is 0.0708. The van der Waals surface area contributed by atoms with Crippen molar-refractivity contribution in [2.75, 3.05) is 48.0 Å². The van der Waals surface area contributed by atoms with Gasteiger partial charge in [0.25, 0.3) is 5.91 Å². The predicted octanol–water partition coefficient (Wildman–Crippen LogP) is 0.526. The quantitative estimate of drug-likeness (QED) is 0.429. The Labute approximate surface area is 196 Å². The zero-order valence-electron chi connectivity index (χ0n) is 18.2. The number of ether oxygens (including phenoxy) is 1. The summed E-state index contributed by atoms with van der Waals surface area (Å²) in [5.74, 6) is -0.694. The van der Waals surface area contributed by atoms with Crippen LogP contribution in [0, 0.1) is 0 Å². The number of aromatic nitrogens is 3. The molecule has 4 rings (SSSR count). The van der Waals surface area contributed by atoms with E-state index in [0.717, 1.165) is 0 Å². The molecule has 3 amide bonds. The van der Waals surface area contributed by atoms with Crippen LogP contribution in [0.5, 0.6) is 5.88 Å². The Balaban J connectivity index is 1.50. The van der Waals surface area contributed by atoms with Crippen LogP contribution in [0.25, 0.3) is 0 Å². The summed E-state index contributed by atoms with van der Waals surface area (Å²) in [5, 5.41) is 22.5. The number of pyridine rings is 1. The number of urea groups is 1. The molecule has 1 saturated heterocycles. The Morgan fingerprint density at radius 2 is 2.06 bits per heavy atom. The van der Waals surface area contributed by atoms with E-state index in [1.807, 2.05) is 4.90 Å². The summed E-state index contributed by atoms with van der Waals surface area (Å²) in [4.78, 5) is 40.9. The summed E-state index contributed by atoms with van der Waals surface area (Å²) in [7, 11) is 0. The number of alkyl halides is 3. The van der Waals surface area contributed by atoms with E-state index in [4.69, 9.17) is 9.84 Å². The Morgan fingerprint density at radius 3 is 2.74 bits per heavy atom. The van der Waals surface area contributed by atoms with Gasteiger partial charge in [0.15, 0.2) is 11.6 Å². The fourth-order valence-electron chi connectivity index (χ4n) is 3.73. The molecular weight excluding hydrogens is 475 g/mol. The number of rotatable bonds is 7. The molecule has 188 valence electrons. The van der Waals surface area contributed by atoms with Crippen LogP contribution in [0.3, 0.4) is 0 Å². The van der Waals surface area contributed by atoms with Crippen LogP contribution >= 0.6 is 0 Å². The van der Waals surface area contributed by atoms with Crippen LogP contribution in [-0.2, 0) is 0 Å². The maximum atomic E-state index is 13.1. The van der Waals surface area contributed by atoms with Gasteiger partial charge in [0.1, 0.15) is 24.9 Å². The number of aliphatic hydroxyl groups is 2. The largest absolute Gasteiger partial charge is 0.474 e. The van der Waals surface area contributed by atoms with Gasteiger partial charge in [-0.25, -0.2) is 19.7 Å². The van der Waals surface area contributed by atoms with Gasteiger partial charge in [-0.15, -0.1) is 0 Å². The number of fused-ring (bicyclic) bond motifs is 4. The second-order valence-electron chi connectivity index (χ2n) is 7.91. The summed E-state index contributed by atoms with van der Waals surface area (Å²) in [6, 6.07) is 2.01. The van der Waals surface area contributed by atoms with E-state index < -0.39 is 37.4 Å². The predicted molar refractivity (Wildman–Crippen MR) is 115 cm³/mol. The number of anilines is 3. The maximum absolute atomic E-state index is 13.1. The first-order valence-corrected chi connectivity index (χ1v) is 10.6. The van der Waals surface area contributed by atoms with E-state index in [0.29, 0.717) is 25.2 Å². The van der Waals surface area contributed by atoms with E-state index in [2.05, 4.69) is 20.3 Å². The molecule has 0 spiro atoms. The fourth-order valence-corrected chi connectivity index (χ4v) is 3.73. The third-order valence-corrected chi connectivity index (χ3v) is 5.35. The molecule has 2 aromatic heterocycles. The van der Waals surface area contributed by atoms with Gasteiger partial charge in [0.05, 0.1) is 30.7 Å². The molecule has 12 nitrogen and oxygen atoms in total. The number of halogens is 3. The zero-order chi connectivity index (χ0) is 25.2. The molecule has 4 N–H and O–H groups in total. The fraction of sp³-hybridized carbons (Fsp3) is 0.450. The van der Waals surface area contributed by atoms with E-state index >= 15 is 0 Å². The van der Waals surface area contributed by atoms with Gasteiger partial charge in [0.2, 0.25) is 5.88 Å². The Morgan fingerprint density at radius 1 is 1.26 bits per heavy atom. The molecule has 2 bridgehead atoms. The Bertz CT molecular complexity index is 1090. The number of carbonyl (C=O) groups is 2. The van der Waals surface area contributed by atoms with Crippen molar-refractivity contribution in [3.63, 3.8) is 0 Å². The van der Waals surface area contributed by atoms with Crippen LogP contribution in [0.1, 0.15) is 16.9 Å². The van der Waals surface area contributed by atoms with Crippen molar-refractivity contribution in [3.8, 4) is 5.88 Å². The molecular formula is C20H22F3N7O5. The van der Waals surface area contributed by atoms with Gasteiger partial charge in [-0.2, -0.15) is 13.2 Å². The molecule has 1 fully saturated rings. The Hall–Kier alpha value is -3.72. The molecule has 4 heterocycles. The molecule has 2 atom stereocenters. The first-order valence-electron chi connectivity index (χ1n) is 10.6. The molecule has 35 heavy (non-hydrogen) atoms. The zero-order valence-corrected chi connectivity index (χ0v) is 18.2. The number of nitrogens with zero attached hydrogens (tertiary/aromatic N) is 5. The van der Waals surface area contributed by atoms with Gasteiger partial charge < -0.3 is 25.2 Å². The Kier molecular flexibility index (Phi) is 6.88. The lowest BCUT2D eigenvalue weighted by Crippen LogP contribution is -2.48. The minimum Gasteiger partial charge on any atom is -0.474 e. The lowest BCUT2D eigenvalue weighted by atomic mass is 10.1. The topological polar surface area (TPSA) is 153 Å². The number of amides is 3. The third kappa shape index (κ3) is 5.68. The highest BCUT2D eigenvalue weighted by Crippen LogP contribution is 2.39. The molecule has 0 aromatic carbocycles. The van der Waals surface area contributed by atoms with E-state index in [1.165, 1.54) is 23.4 Å². The second kappa shape index (κ2) is 9.87. The van der Waals surface area contributed by atoms with E-state index in [-0.39, 0.29) is 35.9 Å². The van der Waals surface area contributed by atoms with Crippen molar-refractivity contribution >= 4 is 29.3 Å². The number of aliphatic hydroxyl groups excluding tert-OH is 2. The van der Waals surface area contributed by atoms with Crippen molar-refractivity contribution < 1.29 is 37.7 Å². The van der Waals surface area contributed by atoms with E-state index in [9.17, 15) is 27.9 Å². The molecule has 15 heteroatoms. The number of carbonyl (C=O) groups excluding carboxylic acids is 2. The summed E-state index contributed by atoms with van der Waals surface area (Å²) in [5.41, 5.74) is 0.332. The average Bonchev–Trinajstić information content (AvgIpc) is 3.25. The normalized spacial score (nSPS) is 17.6. The lowest BCUT2D eigenvalue weighted by Gasteiger charge is -2.35. The van der Waals surface area contributed by atoms with Crippen LogP contribution in [0.15, 0.2) is 24.5 Å². The summed E-state index contributed by atoms with van der Waals surface area (Å²) < 4.78 is 42.6. The molecule has 2 aliphatic rings. The van der Waals surface area contributed by atoms with Crippen LogP contribution in [0.4, 0.5) is 35.3 Å². The number of hydrogen-bond donors (Lipinski definition) is 4. The highest BCUT2D eigenvalue weighted by Gasteiger charge is 2.40. The standard InChI is InChI=1S/C20H22F3N7O5/c21-20(22,23)10-26-18(33)13-1-2-14-17(27-13)30(11-3-4-29(14)7-11)19(34)28-15-5-25-16(6-24-15)35-9-12(32)8-31/h1-2,5-6,11-12,31-32H,3-4,7-10H2,(H,26,33)(H,24,28,34). The van der Waals surface area contributed by atoms with Crippen LogP contribution in [-0.4, -0.2) is 88.3 Å². The smallest absolute Gasteiger partial charge is 0.405 e. The first-order chi connectivity index (χ1) is 16.6. The summed E-state index contributed by atoms with van der Waals surface area (Å²) in [6.45, 7) is -0.982. The number of hydrogen-bond acceptors (Lipinski definition) is 9. The first kappa shape index (κ1) is 24.4. The van der Waals surface area contributed by atoms with Crippen molar-refractivity contribution in [1.82, 2.24) is 20.3 Å².